The van der Waals surface area contributed by atoms with Gasteiger partial charge in [0, 0.05) is 12.1 Å². The van der Waals surface area contributed by atoms with E-state index in [0.717, 1.165) is 24.2 Å². The van der Waals surface area contributed by atoms with Crippen LogP contribution < -0.4 is 0 Å². The molecule has 0 aliphatic heterocycles. The summed E-state index contributed by atoms with van der Waals surface area (Å²) in [6.45, 7) is 0. The third-order valence-corrected chi connectivity index (χ3v) is 3.09. The summed E-state index contributed by atoms with van der Waals surface area (Å²) in [4.78, 5) is 15.2. The number of carboxylic acids is 1. The van der Waals surface area contributed by atoms with E-state index in [4.69, 9.17) is 16.7 Å². The van der Waals surface area contributed by atoms with Crippen molar-refractivity contribution in [2.45, 2.75) is 18.8 Å². The Kier molecular flexibility index (Phi) is 1.94. The Hall–Kier alpha value is -1.55. The number of pyridine rings is 1. The van der Waals surface area contributed by atoms with Crippen LogP contribution in [0.1, 0.15) is 34.9 Å². The van der Waals surface area contributed by atoms with Crippen molar-refractivity contribution in [1.82, 2.24) is 9.38 Å². The lowest BCUT2D eigenvalue weighted by atomic mass is 10.2. The molecule has 2 heterocycles. The maximum absolute atomic E-state index is 10.9. The van der Waals surface area contributed by atoms with Crippen molar-refractivity contribution in [1.29, 1.82) is 0 Å². The zero-order chi connectivity index (χ0) is 11.3. The minimum absolute atomic E-state index is 0.253. The van der Waals surface area contributed by atoms with E-state index in [0.29, 0.717) is 11.1 Å². The van der Waals surface area contributed by atoms with E-state index in [9.17, 15) is 4.79 Å². The van der Waals surface area contributed by atoms with Crippen molar-refractivity contribution in [3.05, 3.63) is 34.9 Å². The maximum Gasteiger partial charge on any atom is 0.337 e. The molecule has 82 valence electrons. The molecule has 5 heteroatoms. The molecule has 1 N–H and O–H groups in total. The largest absolute Gasteiger partial charge is 0.478 e. The van der Waals surface area contributed by atoms with Gasteiger partial charge in [-0.25, -0.2) is 9.78 Å². The van der Waals surface area contributed by atoms with Gasteiger partial charge >= 0.3 is 5.97 Å². The van der Waals surface area contributed by atoms with Crippen molar-refractivity contribution >= 4 is 23.1 Å². The van der Waals surface area contributed by atoms with E-state index >= 15 is 0 Å². The first-order valence-corrected chi connectivity index (χ1v) is 5.45. The van der Waals surface area contributed by atoms with Crippen molar-refractivity contribution in [3.63, 3.8) is 0 Å². The summed E-state index contributed by atoms with van der Waals surface area (Å²) in [5.74, 6) is 0.376. The first-order chi connectivity index (χ1) is 7.66. The average Bonchev–Trinajstić information content (AvgIpc) is 3.04. The minimum Gasteiger partial charge on any atom is -0.478 e. The summed E-state index contributed by atoms with van der Waals surface area (Å²) in [5.41, 5.74) is 1.03. The Balaban J connectivity index is 2.26. The van der Waals surface area contributed by atoms with Gasteiger partial charge in [-0.2, -0.15) is 0 Å². The number of hydrogen-bond donors (Lipinski definition) is 1. The molecule has 0 radical (unpaired) electrons. The fraction of sp³-hybridized carbons (Fsp3) is 0.273. The second-order valence-corrected chi connectivity index (χ2v) is 4.37. The van der Waals surface area contributed by atoms with Gasteiger partial charge in [0.2, 0.25) is 0 Å². The van der Waals surface area contributed by atoms with Gasteiger partial charge in [0.15, 0.2) is 5.15 Å². The van der Waals surface area contributed by atoms with Gasteiger partial charge in [-0.15, -0.1) is 0 Å². The van der Waals surface area contributed by atoms with Crippen molar-refractivity contribution in [3.8, 4) is 0 Å². The monoisotopic (exact) mass is 236 g/mol. The number of aromatic nitrogens is 2. The predicted octanol–water partition coefficient (Wildman–Crippen LogP) is 2.56. The number of hydrogen-bond acceptors (Lipinski definition) is 2. The van der Waals surface area contributed by atoms with E-state index < -0.39 is 5.97 Å². The van der Waals surface area contributed by atoms with Crippen LogP contribution in [0.4, 0.5) is 0 Å². The molecule has 0 unspecified atom stereocenters. The molecule has 16 heavy (non-hydrogen) atoms. The molecule has 1 fully saturated rings. The van der Waals surface area contributed by atoms with E-state index in [1.54, 1.807) is 22.7 Å². The highest BCUT2D eigenvalue weighted by molar-refractivity contribution is 6.32. The van der Waals surface area contributed by atoms with Crippen LogP contribution >= 0.6 is 11.6 Å². The molecule has 0 saturated heterocycles. The number of imidazole rings is 1. The van der Waals surface area contributed by atoms with Crippen molar-refractivity contribution < 1.29 is 9.90 Å². The summed E-state index contributed by atoms with van der Waals surface area (Å²) in [5, 5.41) is 9.37. The van der Waals surface area contributed by atoms with Crippen LogP contribution in [-0.4, -0.2) is 20.5 Å². The molecular formula is C11H9ClN2O2. The van der Waals surface area contributed by atoms with Gasteiger partial charge in [0.1, 0.15) is 5.82 Å². The molecule has 0 bridgehead atoms. The van der Waals surface area contributed by atoms with Crippen LogP contribution in [0, 0.1) is 0 Å². The lowest BCUT2D eigenvalue weighted by molar-refractivity contribution is 0.0696. The summed E-state index contributed by atoms with van der Waals surface area (Å²) in [6, 6.07) is 3.24. The zero-order valence-corrected chi connectivity index (χ0v) is 9.11. The number of rotatable bonds is 2. The Morgan fingerprint density at radius 3 is 2.88 bits per heavy atom. The number of fused-ring (bicyclic) bond motifs is 1. The summed E-state index contributed by atoms with van der Waals surface area (Å²) >= 11 is 6.00. The van der Waals surface area contributed by atoms with Crippen molar-refractivity contribution in [2.24, 2.45) is 0 Å². The predicted molar refractivity (Wildman–Crippen MR) is 59.1 cm³/mol. The van der Waals surface area contributed by atoms with E-state index in [1.165, 1.54) is 0 Å². The van der Waals surface area contributed by atoms with Crippen LogP contribution in [0.5, 0.6) is 0 Å². The molecule has 3 rings (SSSR count). The fourth-order valence-corrected chi connectivity index (χ4v) is 2.07. The van der Waals surface area contributed by atoms with Gasteiger partial charge in [-0.1, -0.05) is 11.6 Å². The highest BCUT2D eigenvalue weighted by atomic mass is 35.5. The van der Waals surface area contributed by atoms with Gasteiger partial charge in [0.05, 0.1) is 11.1 Å². The number of carboxylic acid groups (broad SMARTS) is 1. The van der Waals surface area contributed by atoms with Gasteiger partial charge in [-0.05, 0) is 25.0 Å². The molecule has 2 aromatic heterocycles. The van der Waals surface area contributed by atoms with Gasteiger partial charge in [0.25, 0.3) is 0 Å². The quantitative estimate of drug-likeness (QED) is 0.872. The van der Waals surface area contributed by atoms with Crippen molar-refractivity contribution in [2.75, 3.05) is 0 Å². The highest BCUT2D eigenvalue weighted by Gasteiger charge is 2.29. The summed E-state index contributed by atoms with van der Waals surface area (Å²) in [7, 11) is 0. The fourth-order valence-electron chi connectivity index (χ4n) is 1.83. The average molecular weight is 237 g/mol. The lowest BCUT2D eigenvalue weighted by Gasteiger charge is -2.00. The second-order valence-electron chi connectivity index (χ2n) is 4.01. The number of aromatic carboxylic acids is 1. The number of carbonyl (C=O) groups is 1. The Morgan fingerprint density at radius 1 is 1.50 bits per heavy atom. The smallest absolute Gasteiger partial charge is 0.337 e. The minimum atomic E-state index is -0.937. The Bertz CT molecular complexity index is 587. The molecular weight excluding hydrogens is 228 g/mol. The Labute approximate surface area is 96.5 Å². The van der Waals surface area contributed by atoms with Crippen LogP contribution in [0.2, 0.25) is 5.15 Å². The molecule has 2 aromatic rings. The first kappa shape index (κ1) is 9.66. The number of halogens is 1. The summed E-state index contributed by atoms with van der Waals surface area (Å²) in [6.07, 6.45) is 3.80. The topological polar surface area (TPSA) is 54.6 Å². The normalized spacial score (nSPS) is 15.6. The maximum atomic E-state index is 10.9. The molecule has 1 aliphatic carbocycles. The molecule has 4 nitrogen and oxygen atoms in total. The van der Waals surface area contributed by atoms with Crippen LogP contribution in [0.25, 0.3) is 5.52 Å². The Morgan fingerprint density at radius 2 is 2.25 bits per heavy atom. The molecule has 1 saturated carbocycles. The molecule has 1 aliphatic rings. The van der Waals surface area contributed by atoms with Crippen LogP contribution in [-0.2, 0) is 0 Å². The molecule has 0 spiro atoms. The number of nitrogens with zero attached hydrogens (tertiary/aromatic N) is 2. The summed E-state index contributed by atoms with van der Waals surface area (Å²) < 4.78 is 1.80. The lowest BCUT2D eigenvalue weighted by Crippen LogP contribution is -2.00. The zero-order valence-electron chi connectivity index (χ0n) is 8.35. The third kappa shape index (κ3) is 1.38. The highest BCUT2D eigenvalue weighted by Crippen LogP contribution is 2.40. The standard InChI is InChI=1S/C11H9ClN2O2/c12-9-8-4-3-7(11(15)16)5-14(8)10(13-9)6-1-2-6/h3-6H,1-2H2,(H,15,16). The van der Waals surface area contributed by atoms with Gasteiger partial charge < -0.3 is 9.51 Å². The molecule has 0 amide bonds. The van der Waals surface area contributed by atoms with Crippen LogP contribution in [0.15, 0.2) is 18.3 Å². The van der Waals surface area contributed by atoms with E-state index in [1.807, 2.05) is 0 Å². The third-order valence-electron chi connectivity index (χ3n) is 2.81. The molecule has 0 atom stereocenters. The first-order valence-electron chi connectivity index (χ1n) is 5.07. The van der Waals surface area contributed by atoms with E-state index in [-0.39, 0.29) is 5.56 Å². The second kappa shape index (κ2) is 3.22. The molecule has 0 aromatic carbocycles. The van der Waals surface area contributed by atoms with Crippen LogP contribution in [0.3, 0.4) is 0 Å². The SMILES string of the molecule is O=C(O)c1ccc2c(Cl)nc(C3CC3)n2c1. The van der Waals surface area contributed by atoms with E-state index in [2.05, 4.69) is 4.98 Å². The van der Waals surface area contributed by atoms with Gasteiger partial charge in [-0.3, -0.25) is 0 Å².